The molecule has 2 atom stereocenters. The second kappa shape index (κ2) is 5.57. The van der Waals surface area contributed by atoms with Crippen LogP contribution in [0.2, 0.25) is 0 Å². The maximum absolute atomic E-state index is 12.4. The van der Waals surface area contributed by atoms with Gasteiger partial charge >= 0.3 is 0 Å². The minimum absolute atomic E-state index is 0.444. The van der Waals surface area contributed by atoms with E-state index in [1.54, 1.807) is 0 Å². The molecule has 1 aromatic carbocycles. The predicted molar refractivity (Wildman–Crippen MR) is 84.5 cm³/mol. The van der Waals surface area contributed by atoms with E-state index in [9.17, 15) is 4.79 Å². The number of nitrogens with one attached hydrogen (secondary N) is 1. The van der Waals surface area contributed by atoms with Crippen LogP contribution >= 0.6 is 0 Å². The Labute approximate surface area is 127 Å². The van der Waals surface area contributed by atoms with Gasteiger partial charge in [-0.2, -0.15) is 0 Å². The van der Waals surface area contributed by atoms with E-state index in [0.29, 0.717) is 30.2 Å². The topological polar surface area (TPSA) is 29.1 Å². The number of Topliss-reactive ketones (excluding diaryl/α,β-unsaturated/α-hetero) is 1. The first-order chi connectivity index (χ1) is 10.3. The summed E-state index contributed by atoms with van der Waals surface area (Å²) in [6, 6.07) is 8.10. The molecular weight excluding hydrogens is 258 g/mol. The Balaban J connectivity index is 1.35. The van der Waals surface area contributed by atoms with Crippen LogP contribution in [0.4, 0.5) is 0 Å². The average molecular weight is 283 g/mol. The van der Waals surface area contributed by atoms with Crippen molar-refractivity contribution in [1.29, 1.82) is 0 Å². The Morgan fingerprint density at radius 3 is 2.67 bits per heavy atom. The minimum Gasteiger partial charge on any atom is -0.311 e. The molecule has 1 aromatic rings. The van der Waals surface area contributed by atoms with Crippen LogP contribution in [0, 0.1) is 5.92 Å². The highest BCUT2D eigenvalue weighted by atomic mass is 16.1. The summed E-state index contributed by atoms with van der Waals surface area (Å²) >= 11 is 0. The van der Waals surface area contributed by atoms with Crippen molar-refractivity contribution in [2.45, 2.75) is 69.9 Å². The quantitative estimate of drug-likeness (QED) is 0.919. The summed E-state index contributed by atoms with van der Waals surface area (Å²) in [5.74, 6) is 1.07. The van der Waals surface area contributed by atoms with Crippen LogP contribution in [0.25, 0.3) is 0 Å². The van der Waals surface area contributed by atoms with Gasteiger partial charge in [-0.3, -0.25) is 4.79 Å². The number of fused-ring (bicyclic) bond motifs is 3. The van der Waals surface area contributed by atoms with Crippen molar-refractivity contribution in [2.75, 3.05) is 0 Å². The molecule has 0 spiro atoms. The molecule has 21 heavy (non-hydrogen) atoms. The van der Waals surface area contributed by atoms with Crippen molar-refractivity contribution >= 4 is 5.78 Å². The molecule has 2 heteroatoms. The molecule has 2 aliphatic heterocycles. The van der Waals surface area contributed by atoms with Crippen LogP contribution in [0.1, 0.15) is 55.2 Å². The number of carbonyl (C=O) groups is 1. The Kier molecular flexibility index (Phi) is 3.58. The molecule has 2 heterocycles. The molecule has 1 aliphatic carbocycles. The molecule has 0 aromatic heterocycles. The fourth-order valence-corrected chi connectivity index (χ4v) is 4.70. The molecule has 112 valence electrons. The number of carbonyl (C=O) groups excluding carboxylic acids is 1. The number of piperidine rings is 1. The molecule has 2 bridgehead atoms. The number of benzene rings is 1. The van der Waals surface area contributed by atoms with Gasteiger partial charge in [0.2, 0.25) is 0 Å². The standard InChI is InChI=1S/C19H25NO/c21-19(12-14-9-17-6-7-18(10-14)20-17)11-13-4-5-15-2-1-3-16(15)8-13/h4-5,8,14,17-18,20H,1-3,6-7,9-12H2. The second-order valence-electron chi connectivity index (χ2n) is 7.35. The van der Waals surface area contributed by atoms with Crippen LogP contribution in [0.5, 0.6) is 0 Å². The number of hydrogen-bond acceptors (Lipinski definition) is 2. The van der Waals surface area contributed by atoms with E-state index in [1.165, 1.54) is 61.6 Å². The summed E-state index contributed by atoms with van der Waals surface area (Å²) in [5.41, 5.74) is 4.22. The third-order valence-electron chi connectivity index (χ3n) is 5.65. The highest BCUT2D eigenvalue weighted by Gasteiger charge is 2.34. The highest BCUT2D eigenvalue weighted by Crippen LogP contribution is 2.33. The zero-order valence-corrected chi connectivity index (χ0v) is 12.7. The number of hydrogen-bond donors (Lipinski definition) is 1. The third-order valence-corrected chi connectivity index (χ3v) is 5.65. The SMILES string of the molecule is O=C(Cc1ccc2c(c1)CCC2)CC1CC2CCC(C1)N2. The first-order valence-electron chi connectivity index (χ1n) is 8.65. The molecule has 1 N–H and O–H groups in total. The van der Waals surface area contributed by atoms with Crippen molar-refractivity contribution < 1.29 is 4.79 Å². The van der Waals surface area contributed by atoms with Gasteiger partial charge in [0.25, 0.3) is 0 Å². The Morgan fingerprint density at radius 1 is 1.10 bits per heavy atom. The zero-order valence-electron chi connectivity index (χ0n) is 12.7. The van der Waals surface area contributed by atoms with E-state index < -0.39 is 0 Å². The van der Waals surface area contributed by atoms with Crippen LogP contribution < -0.4 is 5.32 Å². The highest BCUT2D eigenvalue weighted by molar-refractivity contribution is 5.81. The number of aryl methyl sites for hydroxylation is 2. The van der Waals surface area contributed by atoms with Crippen molar-refractivity contribution in [2.24, 2.45) is 5.92 Å². The molecular formula is C19H25NO. The maximum Gasteiger partial charge on any atom is 0.137 e. The van der Waals surface area contributed by atoms with Crippen molar-refractivity contribution in [3.8, 4) is 0 Å². The monoisotopic (exact) mass is 283 g/mol. The predicted octanol–water partition coefficient (Wildman–Crippen LogP) is 3.21. The molecule has 4 rings (SSSR count). The van der Waals surface area contributed by atoms with Gasteiger partial charge in [-0.1, -0.05) is 18.2 Å². The Bertz CT molecular complexity index is 538. The van der Waals surface area contributed by atoms with E-state index >= 15 is 0 Å². The van der Waals surface area contributed by atoms with Crippen LogP contribution in [-0.2, 0) is 24.1 Å². The van der Waals surface area contributed by atoms with Gasteiger partial charge in [-0.15, -0.1) is 0 Å². The van der Waals surface area contributed by atoms with Gasteiger partial charge in [0, 0.05) is 24.9 Å². The Hall–Kier alpha value is -1.15. The molecule has 0 saturated carbocycles. The van der Waals surface area contributed by atoms with Gasteiger partial charge in [-0.05, 0) is 67.6 Å². The zero-order chi connectivity index (χ0) is 14.2. The maximum atomic E-state index is 12.4. The van der Waals surface area contributed by atoms with Gasteiger partial charge in [0.15, 0.2) is 0 Å². The third kappa shape index (κ3) is 2.91. The first kappa shape index (κ1) is 13.5. The Morgan fingerprint density at radius 2 is 1.86 bits per heavy atom. The van der Waals surface area contributed by atoms with E-state index in [1.807, 2.05) is 0 Å². The molecule has 2 unspecified atom stereocenters. The summed E-state index contributed by atoms with van der Waals surface area (Å²) in [7, 11) is 0. The van der Waals surface area contributed by atoms with Gasteiger partial charge in [-0.25, -0.2) is 0 Å². The summed E-state index contributed by atoms with van der Waals surface area (Å²) in [6.07, 6.45) is 10.2. The minimum atomic E-state index is 0.444. The van der Waals surface area contributed by atoms with Crippen LogP contribution in [-0.4, -0.2) is 17.9 Å². The number of ketones is 1. The summed E-state index contributed by atoms with van der Waals surface area (Å²) in [5, 5.41) is 3.66. The van der Waals surface area contributed by atoms with Crippen molar-refractivity contribution in [3.05, 3.63) is 34.9 Å². The summed E-state index contributed by atoms with van der Waals surface area (Å²) < 4.78 is 0. The van der Waals surface area contributed by atoms with Gasteiger partial charge < -0.3 is 5.32 Å². The largest absolute Gasteiger partial charge is 0.311 e. The first-order valence-corrected chi connectivity index (χ1v) is 8.65. The van der Waals surface area contributed by atoms with E-state index in [-0.39, 0.29) is 0 Å². The normalized spacial score (nSPS) is 30.4. The van der Waals surface area contributed by atoms with Gasteiger partial charge in [0.05, 0.1) is 0 Å². The fourth-order valence-electron chi connectivity index (χ4n) is 4.70. The lowest BCUT2D eigenvalue weighted by molar-refractivity contribution is -0.119. The molecule has 0 amide bonds. The molecule has 2 fully saturated rings. The molecule has 2 saturated heterocycles. The van der Waals surface area contributed by atoms with E-state index in [2.05, 4.69) is 23.5 Å². The summed E-state index contributed by atoms with van der Waals surface area (Å²) in [4.78, 5) is 12.4. The van der Waals surface area contributed by atoms with E-state index in [0.717, 1.165) is 6.42 Å². The lowest BCUT2D eigenvalue weighted by Crippen LogP contribution is -2.38. The smallest absolute Gasteiger partial charge is 0.137 e. The number of rotatable bonds is 4. The van der Waals surface area contributed by atoms with Crippen molar-refractivity contribution in [1.82, 2.24) is 5.32 Å². The van der Waals surface area contributed by atoms with Gasteiger partial charge in [0.1, 0.15) is 5.78 Å². The fraction of sp³-hybridized carbons (Fsp3) is 0.632. The molecule has 2 nitrogen and oxygen atoms in total. The molecule has 0 radical (unpaired) electrons. The summed E-state index contributed by atoms with van der Waals surface area (Å²) in [6.45, 7) is 0. The lowest BCUT2D eigenvalue weighted by atomic mass is 9.87. The van der Waals surface area contributed by atoms with Crippen LogP contribution in [0.3, 0.4) is 0 Å². The van der Waals surface area contributed by atoms with Crippen LogP contribution in [0.15, 0.2) is 18.2 Å². The average Bonchev–Trinajstić information content (AvgIpc) is 3.04. The van der Waals surface area contributed by atoms with E-state index in [4.69, 9.17) is 0 Å². The van der Waals surface area contributed by atoms with Crippen molar-refractivity contribution in [3.63, 3.8) is 0 Å². The molecule has 3 aliphatic rings. The lowest BCUT2D eigenvalue weighted by Gasteiger charge is -2.28. The second-order valence-corrected chi connectivity index (χ2v) is 7.35.